The average molecular weight is 384 g/mol. The van der Waals surface area contributed by atoms with Crippen molar-refractivity contribution in [1.29, 1.82) is 0 Å². The van der Waals surface area contributed by atoms with Crippen LogP contribution >= 0.6 is 12.4 Å². The number of carbonyl (C=O) groups is 1. The molecule has 1 aliphatic rings. The molecule has 1 rings (SSSR count). The first kappa shape index (κ1) is 23.6. The van der Waals surface area contributed by atoms with Crippen LogP contribution in [0.25, 0.3) is 0 Å². The number of nitrogens with one attached hydrogen (secondary N) is 1. The standard InChI is InChI=1S/C16H33N3O3S.ClH/c1-5-13-7-6-9-19(11-13)16(2,3)12-18-15(20)14(17)8-10-23(4,21)22;/h13-14H,5-12,17H2,1-4H3,(H,18,20);1H. The Balaban J connectivity index is 0.00000529. The van der Waals surface area contributed by atoms with Crippen LogP contribution in [-0.2, 0) is 14.6 Å². The molecule has 2 atom stereocenters. The molecular formula is C16H34ClN3O3S. The number of sulfone groups is 1. The molecule has 6 nitrogen and oxygen atoms in total. The molecule has 0 aromatic rings. The van der Waals surface area contributed by atoms with Gasteiger partial charge in [-0.2, -0.15) is 0 Å². The summed E-state index contributed by atoms with van der Waals surface area (Å²) in [5, 5.41) is 2.89. The van der Waals surface area contributed by atoms with Gasteiger partial charge in [0.15, 0.2) is 0 Å². The van der Waals surface area contributed by atoms with Gasteiger partial charge in [0.2, 0.25) is 5.91 Å². The van der Waals surface area contributed by atoms with Gasteiger partial charge in [0.25, 0.3) is 0 Å². The second kappa shape index (κ2) is 9.94. The molecule has 144 valence electrons. The summed E-state index contributed by atoms with van der Waals surface area (Å²) >= 11 is 0. The van der Waals surface area contributed by atoms with Crippen LogP contribution in [0.4, 0.5) is 0 Å². The van der Waals surface area contributed by atoms with E-state index in [4.69, 9.17) is 5.73 Å². The largest absolute Gasteiger partial charge is 0.353 e. The molecule has 0 spiro atoms. The maximum absolute atomic E-state index is 12.1. The zero-order valence-corrected chi connectivity index (χ0v) is 17.0. The molecule has 8 heteroatoms. The zero-order chi connectivity index (χ0) is 17.7. The predicted molar refractivity (Wildman–Crippen MR) is 101 cm³/mol. The van der Waals surface area contributed by atoms with Gasteiger partial charge in [-0.05, 0) is 45.6 Å². The van der Waals surface area contributed by atoms with E-state index in [0.717, 1.165) is 25.3 Å². The van der Waals surface area contributed by atoms with Gasteiger partial charge in [-0.15, -0.1) is 12.4 Å². The minimum atomic E-state index is -3.09. The maximum Gasteiger partial charge on any atom is 0.237 e. The SMILES string of the molecule is CCC1CCCN(C(C)(C)CNC(=O)C(N)CCS(C)(=O)=O)C1.Cl. The van der Waals surface area contributed by atoms with Crippen molar-refractivity contribution in [2.24, 2.45) is 11.7 Å². The summed E-state index contributed by atoms with van der Waals surface area (Å²) in [5.74, 6) is 0.400. The highest BCUT2D eigenvalue weighted by Gasteiger charge is 2.31. The number of halogens is 1. The molecule has 1 heterocycles. The van der Waals surface area contributed by atoms with E-state index in [1.165, 1.54) is 19.3 Å². The van der Waals surface area contributed by atoms with E-state index < -0.39 is 15.9 Å². The highest BCUT2D eigenvalue weighted by molar-refractivity contribution is 7.90. The van der Waals surface area contributed by atoms with Crippen LogP contribution in [0.15, 0.2) is 0 Å². The quantitative estimate of drug-likeness (QED) is 0.656. The highest BCUT2D eigenvalue weighted by atomic mass is 35.5. The number of rotatable bonds is 8. The van der Waals surface area contributed by atoms with E-state index in [-0.39, 0.29) is 36.0 Å². The lowest BCUT2D eigenvalue weighted by Crippen LogP contribution is -2.56. The van der Waals surface area contributed by atoms with E-state index in [0.29, 0.717) is 6.54 Å². The van der Waals surface area contributed by atoms with E-state index in [1.807, 2.05) is 0 Å². The summed E-state index contributed by atoms with van der Waals surface area (Å²) in [6.45, 7) is 9.14. The van der Waals surface area contributed by atoms with Crippen LogP contribution in [0.3, 0.4) is 0 Å². The third-order valence-corrected chi connectivity index (χ3v) is 5.76. The fourth-order valence-electron chi connectivity index (χ4n) is 2.97. The molecule has 3 N–H and O–H groups in total. The van der Waals surface area contributed by atoms with Crippen molar-refractivity contribution in [2.45, 2.75) is 58.0 Å². The number of nitrogens with zero attached hydrogens (tertiary/aromatic N) is 1. The Morgan fingerprint density at radius 3 is 2.58 bits per heavy atom. The van der Waals surface area contributed by atoms with Crippen LogP contribution in [0.1, 0.15) is 46.5 Å². The van der Waals surface area contributed by atoms with Gasteiger partial charge in [0.1, 0.15) is 9.84 Å². The van der Waals surface area contributed by atoms with E-state index in [1.54, 1.807) is 0 Å². The summed E-state index contributed by atoms with van der Waals surface area (Å²) in [6, 6.07) is -0.773. The van der Waals surface area contributed by atoms with Crippen molar-refractivity contribution in [3.63, 3.8) is 0 Å². The smallest absolute Gasteiger partial charge is 0.237 e. The molecule has 1 fully saturated rings. The van der Waals surface area contributed by atoms with Crippen LogP contribution in [0.5, 0.6) is 0 Å². The Morgan fingerprint density at radius 1 is 1.42 bits per heavy atom. The molecule has 0 aliphatic carbocycles. The monoisotopic (exact) mass is 383 g/mol. The molecule has 2 unspecified atom stereocenters. The van der Waals surface area contributed by atoms with E-state index in [9.17, 15) is 13.2 Å². The summed E-state index contributed by atoms with van der Waals surface area (Å²) in [7, 11) is -3.09. The van der Waals surface area contributed by atoms with Crippen molar-refractivity contribution in [1.82, 2.24) is 10.2 Å². The van der Waals surface area contributed by atoms with Crippen molar-refractivity contribution in [3.8, 4) is 0 Å². The molecule has 24 heavy (non-hydrogen) atoms. The Bertz CT molecular complexity index is 497. The van der Waals surface area contributed by atoms with Gasteiger partial charge in [-0.25, -0.2) is 8.42 Å². The van der Waals surface area contributed by atoms with Crippen LogP contribution < -0.4 is 11.1 Å². The van der Waals surface area contributed by atoms with Gasteiger partial charge in [0.05, 0.1) is 11.8 Å². The van der Waals surface area contributed by atoms with Crippen LogP contribution in [0, 0.1) is 5.92 Å². The number of amides is 1. The van der Waals surface area contributed by atoms with Crippen molar-refractivity contribution < 1.29 is 13.2 Å². The van der Waals surface area contributed by atoms with E-state index in [2.05, 4.69) is 31.0 Å². The normalized spacial score (nSPS) is 21.0. The van der Waals surface area contributed by atoms with E-state index >= 15 is 0 Å². The Hall–Kier alpha value is -0.370. The molecule has 1 amide bonds. The first-order chi connectivity index (χ1) is 10.5. The first-order valence-electron chi connectivity index (χ1n) is 8.51. The van der Waals surface area contributed by atoms with Gasteiger partial charge >= 0.3 is 0 Å². The molecule has 1 aliphatic heterocycles. The average Bonchev–Trinajstić information content (AvgIpc) is 2.49. The van der Waals surface area contributed by atoms with Gasteiger partial charge in [-0.1, -0.05) is 13.3 Å². The maximum atomic E-state index is 12.1. The Kier molecular flexibility index (Phi) is 9.79. The fraction of sp³-hybridized carbons (Fsp3) is 0.938. The number of likely N-dealkylation sites (tertiary alicyclic amines) is 1. The lowest BCUT2D eigenvalue weighted by Gasteiger charge is -2.43. The number of piperidine rings is 1. The molecule has 0 radical (unpaired) electrons. The zero-order valence-electron chi connectivity index (χ0n) is 15.4. The first-order valence-corrected chi connectivity index (χ1v) is 10.6. The second-order valence-corrected chi connectivity index (χ2v) is 9.68. The summed E-state index contributed by atoms with van der Waals surface area (Å²) in [4.78, 5) is 14.5. The predicted octanol–water partition coefficient (Wildman–Crippen LogP) is 1.19. The summed E-state index contributed by atoms with van der Waals surface area (Å²) < 4.78 is 22.3. The van der Waals surface area contributed by atoms with Gasteiger partial charge in [-0.3, -0.25) is 9.69 Å². The number of hydrogen-bond donors (Lipinski definition) is 2. The van der Waals surface area contributed by atoms with Gasteiger partial charge < -0.3 is 11.1 Å². The number of nitrogens with two attached hydrogens (primary N) is 1. The number of carbonyl (C=O) groups excluding carboxylic acids is 1. The third kappa shape index (κ3) is 8.14. The summed E-state index contributed by atoms with van der Waals surface area (Å²) in [6.07, 6.45) is 4.98. The lowest BCUT2D eigenvalue weighted by atomic mass is 9.91. The minimum absolute atomic E-state index is 0. The van der Waals surface area contributed by atoms with Crippen molar-refractivity contribution in [3.05, 3.63) is 0 Å². The second-order valence-electron chi connectivity index (χ2n) is 7.42. The molecular weight excluding hydrogens is 350 g/mol. The molecule has 0 saturated carbocycles. The van der Waals surface area contributed by atoms with Crippen LogP contribution in [-0.4, -0.2) is 62.4 Å². The minimum Gasteiger partial charge on any atom is -0.353 e. The van der Waals surface area contributed by atoms with Crippen molar-refractivity contribution >= 4 is 28.2 Å². The third-order valence-electron chi connectivity index (χ3n) is 4.78. The topological polar surface area (TPSA) is 92.5 Å². The van der Waals surface area contributed by atoms with Crippen LogP contribution in [0.2, 0.25) is 0 Å². The van der Waals surface area contributed by atoms with Gasteiger partial charge in [0, 0.05) is 24.9 Å². The fourth-order valence-corrected chi connectivity index (χ4v) is 3.65. The molecule has 0 bridgehead atoms. The Morgan fingerprint density at radius 2 is 2.04 bits per heavy atom. The molecule has 0 aromatic carbocycles. The molecule has 0 aromatic heterocycles. The molecule has 1 saturated heterocycles. The number of hydrogen-bond acceptors (Lipinski definition) is 5. The van der Waals surface area contributed by atoms with Crippen molar-refractivity contribution in [2.75, 3.05) is 31.6 Å². The lowest BCUT2D eigenvalue weighted by molar-refractivity contribution is -0.123. The summed E-state index contributed by atoms with van der Waals surface area (Å²) in [5.41, 5.74) is 5.66. The Labute approximate surface area is 153 Å². The highest BCUT2D eigenvalue weighted by Crippen LogP contribution is 2.25.